The van der Waals surface area contributed by atoms with Crippen molar-refractivity contribution in [2.45, 2.75) is 6.92 Å². The van der Waals surface area contributed by atoms with Crippen molar-refractivity contribution < 1.29 is 9.53 Å². The predicted molar refractivity (Wildman–Crippen MR) is 108 cm³/mol. The van der Waals surface area contributed by atoms with Crippen molar-refractivity contribution in [2.75, 3.05) is 37.7 Å². The molecule has 28 heavy (non-hydrogen) atoms. The number of ether oxygens (including phenoxy) is 1. The highest BCUT2D eigenvalue weighted by Crippen LogP contribution is 2.29. The summed E-state index contributed by atoms with van der Waals surface area (Å²) in [7, 11) is 0. The molecule has 0 aliphatic carbocycles. The third kappa shape index (κ3) is 3.31. The van der Waals surface area contributed by atoms with Gasteiger partial charge in [0.1, 0.15) is 5.75 Å². The first-order valence-electron chi connectivity index (χ1n) is 9.42. The van der Waals surface area contributed by atoms with E-state index in [-0.39, 0.29) is 11.5 Å². The van der Waals surface area contributed by atoms with E-state index in [0.29, 0.717) is 49.3 Å². The molecule has 0 saturated carbocycles. The number of hydrogen-bond donors (Lipinski definition) is 1. The van der Waals surface area contributed by atoms with Crippen LogP contribution in [-0.4, -0.2) is 53.8 Å². The fraction of sp³-hybridized carbons (Fsp3) is 0.286. The Bertz CT molecular complexity index is 1050. The van der Waals surface area contributed by atoms with E-state index < -0.39 is 0 Å². The smallest absolute Gasteiger partial charge is 0.275 e. The van der Waals surface area contributed by atoms with Crippen molar-refractivity contribution in [3.05, 3.63) is 64.6 Å². The first-order chi connectivity index (χ1) is 13.7. The Morgan fingerprint density at radius 3 is 2.46 bits per heavy atom. The number of hydrogen-bond acceptors (Lipinski definition) is 5. The van der Waals surface area contributed by atoms with Crippen LogP contribution in [0.2, 0.25) is 0 Å². The number of nitrogens with zero attached hydrogens (tertiary/aromatic N) is 3. The number of amides is 1. The topological polar surface area (TPSA) is 78.5 Å². The Morgan fingerprint density at radius 1 is 1.04 bits per heavy atom. The molecule has 1 amide bonds. The summed E-state index contributed by atoms with van der Waals surface area (Å²) in [5.41, 5.74) is 1.05. The van der Waals surface area contributed by atoms with Crippen LogP contribution in [0.4, 0.5) is 5.69 Å². The van der Waals surface area contributed by atoms with Gasteiger partial charge < -0.3 is 14.5 Å². The zero-order valence-corrected chi connectivity index (χ0v) is 15.7. The zero-order valence-electron chi connectivity index (χ0n) is 15.7. The average Bonchev–Trinajstić information content (AvgIpc) is 2.75. The van der Waals surface area contributed by atoms with Crippen LogP contribution in [0.5, 0.6) is 5.75 Å². The van der Waals surface area contributed by atoms with Gasteiger partial charge >= 0.3 is 0 Å². The molecule has 1 aliphatic rings. The molecular formula is C21H22N4O3. The van der Waals surface area contributed by atoms with Crippen LogP contribution in [0.3, 0.4) is 0 Å². The summed E-state index contributed by atoms with van der Waals surface area (Å²) >= 11 is 0. The third-order valence-electron chi connectivity index (χ3n) is 4.97. The fourth-order valence-corrected chi connectivity index (χ4v) is 3.57. The maximum Gasteiger partial charge on any atom is 0.275 e. The molecule has 1 N–H and O–H groups in total. The summed E-state index contributed by atoms with van der Waals surface area (Å²) in [4.78, 5) is 29.0. The summed E-state index contributed by atoms with van der Waals surface area (Å²) in [6, 6.07) is 15.0. The molecule has 7 nitrogen and oxygen atoms in total. The van der Waals surface area contributed by atoms with Crippen LogP contribution >= 0.6 is 0 Å². The maximum atomic E-state index is 13.0. The van der Waals surface area contributed by atoms with Gasteiger partial charge in [0.2, 0.25) is 0 Å². The lowest BCUT2D eigenvalue weighted by Crippen LogP contribution is -2.49. The van der Waals surface area contributed by atoms with Crippen molar-refractivity contribution in [3.63, 3.8) is 0 Å². The highest BCUT2D eigenvalue weighted by molar-refractivity contribution is 6.04. The summed E-state index contributed by atoms with van der Waals surface area (Å²) in [6.07, 6.45) is 0. The van der Waals surface area contributed by atoms with Crippen LogP contribution in [-0.2, 0) is 0 Å². The second kappa shape index (κ2) is 7.72. The van der Waals surface area contributed by atoms with Crippen molar-refractivity contribution in [1.29, 1.82) is 0 Å². The standard InChI is InChI=1S/C21H22N4O3/c1-2-28-18-10-6-5-9-17(18)24-11-13-25(14-12-24)21(27)19-15-7-3-4-8-16(15)20(26)23-22-19/h3-10H,2,11-14H2,1H3,(H,23,26). The lowest BCUT2D eigenvalue weighted by molar-refractivity contribution is 0.0741. The van der Waals surface area contributed by atoms with Crippen molar-refractivity contribution in [3.8, 4) is 5.75 Å². The van der Waals surface area contributed by atoms with Crippen LogP contribution in [0.15, 0.2) is 53.3 Å². The summed E-state index contributed by atoms with van der Waals surface area (Å²) in [5, 5.41) is 7.53. The second-order valence-corrected chi connectivity index (χ2v) is 6.63. The van der Waals surface area contributed by atoms with Crippen LogP contribution < -0.4 is 15.2 Å². The van der Waals surface area contributed by atoms with Gasteiger partial charge in [-0.3, -0.25) is 9.59 Å². The van der Waals surface area contributed by atoms with E-state index in [1.807, 2.05) is 37.3 Å². The van der Waals surface area contributed by atoms with E-state index in [1.54, 1.807) is 23.1 Å². The Balaban J connectivity index is 1.53. The quantitative estimate of drug-likeness (QED) is 0.754. The highest BCUT2D eigenvalue weighted by Gasteiger charge is 2.26. The molecule has 1 saturated heterocycles. The van der Waals surface area contributed by atoms with E-state index in [9.17, 15) is 9.59 Å². The number of fused-ring (bicyclic) bond motifs is 1. The maximum absolute atomic E-state index is 13.0. The average molecular weight is 378 g/mol. The van der Waals surface area contributed by atoms with Gasteiger partial charge in [0.25, 0.3) is 11.5 Å². The lowest BCUT2D eigenvalue weighted by Gasteiger charge is -2.36. The number of piperazine rings is 1. The van der Waals surface area contributed by atoms with Gasteiger partial charge in [0.15, 0.2) is 5.69 Å². The molecule has 2 heterocycles. The number of para-hydroxylation sites is 2. The second-order valence-electron chi connectivity index (χ2n) is 6.63. The Morgan fingerprint density at radius 2 is 1.71 bits per heavy atom. The van der Waals surface area contributed by atoms with Gasteiger partial charge in [-0.25, -0.2) is 5.10 Å². The number of aromatic nitrogens is 2. The van der Waals surface area contributed by atoms with Crippen LogP contribution in [0.1, 0.15) is 17.4 Å². The van der Waals surface area contributed by atoms with Crippen LogP contribution in [0.25, 0.3) is 10.8 Å². The summed E-state index contributed by atoms with van der Waals surface area (Å²) in [5.74, 6) is 0.697. The molecule has 7 heteroatoms. The van der Waals surface area contributed by atoms with Gasteiger partial charge in [-0.2, -0.15) is 5.10 Å². The zero-order chi connectivity index (χ0) is 19.5. The molecule has 0 radical (unpaired) electrons. The predicted octanol–water partition coefficient (Wildman–Crippen LogP) is 2.28. The summed E-state index contributed by atoms with van der Waals surface area (Å²) in [6.45, 7) is 5.15. The molecule has 2 aromatic carbocycles. The monoisotopic (exact) mass is 378 g/mol. The molecule has 1 aliphatic heterocycles. The fourth-order valence-electron chi connectivity index (χ4n) is 3.57. The first-order valence-corrected chi connectivity index (χ1v) is 9.42. The Kier molecular flexibility index (Phi) is 4.97. The number of H-pyrrole nitrogens is 1. The number of rotatable bonds is 4. The molecule has 0 unspecified atom stereocenters. The largest absolute Gasteiger partial charge is 0.492 e. The van der Waals surface area contributed by atoms with Crippen molar-refractivity contribution >= 4 is 22.4 Å². The Labute approximate surface area is 162 Å². The third-order valence-corrected chi connectivity index (χ3v) is 4.97. The van der Waals surface area contributed by atoms with Gasteiger partial charge in [0.05, 0.1) is 17.7 Å². The van der Waals surface area contributed by atoms with E-state index >= 15 is 0 Å². The number of anilines is 1. The molecule has 144 valence electrons. The molecule has 0 spiro atoms. The molecule has 0 bridgehead atoms. The lowest BCUT2D eigenvalue weighted by atomic mass is 10.1. The number of nitrogens with one attached hydrogen (secondary N) is 1. The normalized spacial score (nSPS) is 14.3. The molecule has 4 rings (SSSR count). The minimum absolute atomic E-state index is 0.162. The minimum atomic E-state index is -0.287. The van der Waals surface area contributed by atoms with Gasteiger partial charge in [-0.1, -0.05) is 30.3 Å². The van der Waals surface area contributed by atoms with E-state index in [1.165, 1.54) is 0 Å². The van der Waals surface area contributed by atoms with Gasteiger partial charge in [-0.15, -0.1) is 0 Å². The molecule has 1 fully saturated rings. The molecule has 3 aromatic rings. The van der Waals surface area contributed by atoms with E-state index in [4.69, 9.17) is 4.74 Å². The molecular weight excluding hydrogens is 356 g/mol. The SMILES string of the molecule is CCOc1ccccc1N1CCN(C(=O)c2n[nH]c(=O)c3ccccc23)CC1. The van der Waals surface area contributed by atoms with Crippen LogP contribution in [0, 0.1) is 0 Å². The molecule has 0 atom stereocenters. The van der Waals surface area contributed by atoms with Gasteiger partial charge in [-0.05, 0) is 25.1 Å². The van der Waals surface area contributed by atoms with Crippen molar-refractivity contribution in [2.24, 2.45) is 0 Å². The Hall–Kier alpha value is -3.35. The number of aromatic amines is 1. The summed E-state index contributed by atoms with van der Waals surface area (Å²) < 4.78 is 5.73. The van der Waals surface area contributed by atoms with E-state index in [0.717, 1.165) is 11.4 Å². The van der Waals surface area contributed by atoms with Gasteiger partial charge in [0, 0.05) is 31.6 Å². The van der Waals surface area contributed by atoms with E-state index in [2.05, 4.69) is 15.1 Å². The minimum Gasteiger partial charge on any atom is -0.492 e. The number of carbonyl (C=O) groups is 1. The first kappa shape index (κ1) is 18.0. The molecule has 1 aromatic heterocycles. The number of carbonyl (C=O) groups excluding carboxylic acids is 1. The number of benzene rings is 2. The van der Waals surface area contributed by atoms with Crippen molar-refractivity contribution in [1.82, 2.24) is 15.1 Å². The highest BCUT2D eigenvalue weighted by atomic mass is 16.5.